The van der Waals surface area contributed by atoms with E-state index in [1.54, 1.807) is 27.9 Å². The van der Waals surface area contributed by atoms with Gasteiger partial charge in [-0.15, -0.1) is 0 Å². The molecule has 0 spiro atoms. The first-order chi connectivity index (χ1) is 9.93. The molecular formula is C20H24Hf. The first kappa shape index (κ1) is 15.2. The molecule has 1 heteroatoms. The molecule has 21 heavy (non-hydrogen) atoms. The van der Waals surface area contributed by atoms with Gasteiger partial charge in [0.1, 0.15) is 0 Å². The first-order valence-corrected chi connectivity index (χ1v) is 11.5. The third-order valence-electron chi connectivity index (χ3n) is 5.58. The summed E-state index contributed by atoms with van der Waals surface area (Å²) in [6.07, 6.45) is 0. The average molecular weight is 443 g/mol. The Labute approximate surface area is 140 Å². The number of hydrogen-bond acceptors (Lipinski definition) is 0. The normalized spacial score (nSPS) is 25.0. The maximum absolute atomic E-state index is 2.42. The van der Waals surface area contributed by atoms with Crippen molar-refractivity contribution in [2.24, 2.45) is 5.92 Å². The summed E-state index contributed by atoms with van der Waals surface area (Å²) in [5, 5.41) is 0. The van der Waals surface area contributed by atoms with Crippen LogP contribution in [0, 0.1) is 5.92 Å². The number of allylic oxidation sites excluding steroid dienone is 6. The molecule has 0 fully saturated rings. The number of benzene rings is 1. The molecule has 0 nitrogen and oxygen atoms in total. The molecule has 0 saturated carbocycles. The Morgan fingerprint density at radius 3 is 1.95 bits per heavy atom. The van der Waals surface area contributed by atoms with E-state index in [9.17, 15) is 0 Å². The Hall–Kier alpha value is -0.690. The van der Waals surface area contributed by atoms with Gasteiger partial charge in [0, 0.05) is 0 Å². The third-order valence-corrected chi connectivity index (χ3v) is 13.3. The van der Waals surface area contributed by atoms with E-state index in [1.165, 1.54) is 5.56 Å². The molecule has 0 heterocycles. The fourth-order valence-corrected chi connectivity index (χ4v) is 10.2. The standard InChI is InChI=1S/C11H11.C9H13.Hf/c1-8-7-9(2)11-6-4-3-5-10(8)11;1-6-5-7(2)9(4)8(6)3;/h3-6,8H,1-2H3;6H,1-4H3;. The van der Waals surface area contributed by atoms with Crippen LogP contribution in [0.3, 0.4) is 0 Å². The molecule has 2 aliphatic carbocycles. The summed E-state index contributed by atoms with van der Waals surface area (Å²) in [6, 6.07) is 9.02. The second kappa shape index (κ2) is 5.50. The quantitative estimate of drug-likeness (QED) is 0.502. The first-order valence-electron chi connectivity index (χ1n) is 7.89. The van der Waals surface area contributed by atoms with E-state index in [0.717, 1.165) is 0 Å². The van der Waals surface area contributed by atoms with E-state index in [2.05, 4.69) is 65.8 Å². The van der Waals surface area contributed by atoms with Crippen molar-refractivity contribution in [1.82, 2.24) is 0 Å². The molecule has 108 valence electrons. The van der Waals surface area contributed by atoms with Crippen molar-refractivity contribution in [3.05, 3.63) is 58.8 Å². The average Bonchev–Trinajstić information content (AvgIpc) is 2.83. The van der Waals surface area contributed by atoms with E-state index in [-0.39, 0.29) is 0 Å². The fourth-order valence-electron chi connectivity index (χ4n) is 3.75. The summed E-state index contributed by atoms with van der Waals surface area (Å²) in [5.74, 6) is 1.35. The second-order valence-corrected chi connectivity index (χ2v) is 11.3. The minimum absolute atomic E-state index is 0.651. The van der Waals surface area contributed by atoms with Gasteiger partial charge in [-0.1, -0.05) is 0 Å². The molecule has 1 aromatic carbocycles. The zero-order chi connectivity index (χ0) is 15.3. The van der Waals surface area contributed by atoms with Gasteiger partial charge in [0.05, 0.1) is 0 Å². The molecule has 3 rings (SSSR count). The second-order valence-electron chi connectivity index (χ2n) is 6.54. The van der Waals surface area contributed by atoms with Gasteiger partial charge < -0.3 is 0 Å². The van der Waals surface area contributed by atoms with E-state index in [4.69, 9.17) is 0 Å². The van der Waals surface area contributed by atoms with Crippen LogP contribution in [-0.2, 0) is 22.9 Å². The SMILES string of the molecule is CC1=C(C)C(C)[C]([Hf][C]2=C(C)c3ccccc3C2C)=C1C. The van der Waals surface area contributed by atoms with Gasteiger partial charge >= 0.3 is 141 Å². The van der Waals surface area contributed by atoms with Crippen LogP contribution in [0.5, 0.6) is 0 Å². The Morgan fingerprint density at radius 1 is 0.762 bits per heavy atom. The monoisotopic (exact) mass is 444 g/mol. The number of hydrogen-bond donors (Lipinski definition) is 0. The van der Waals surface area contributed by atoms with E-state index in [1.807, 2.05) is 6.66 Å². The molecule has 0 aliphatic heterocycles. The van der Waals surface area contributed by atoms with Crippen LogP contribution in [0.25, 0.3) is 5.57 Å². The molecule has 0 amide bonds. The third kappa shape index (κ3) is 2.29. The molecular weight excluding hydrogens is 419 g/mol. The summed E-state index contributed by atoms with van der Waals surface area (Å²) in [4.78, 5) is 0. The van der Waals surface area contributed by atoms with Crippen LogP contribution < -0.4 is 0 Å². The predicted octanol–water partition coefficient (Wildman–Crippen LogP) is 5.88. The van der Waals surface area contributed by atoms with Crippen LogP contribution in [-0.4, -0.2) is 0 Å². The molecule has 2 aliphatic rings. The van der Waals surface area contributed by atoms with Crippen molar-refractivity contribution in [1.29, 1.82) is 0 Å². The molecule has 0 aromatic heterocycles. The fraction of sp³-hybridized carbons (Fsp3) is 0.400. The molecule has 1 aromatic rings. The summed E-state index contributed by atoms with van der Waals surface area (Å²) in [5.41, 5.74) is 9.45. The van der Waals surface area contributed by atoms with Gasteiger partial charge in [-0.25, -0.2) is 0 Å². The van der Waals surface area contributed by atoms with Crippen molar-refractivity contribution < 1.29 is 22.9 Å². The molecule has 2 unspecified atom stereocenters. The molecule has 0 bridgehead atoms. The van der Waals surface area contributed by atoms with E-state index >= 15 is 0 Å². The van der Waals surface area contributed by atoms with Gasteiger partial charge in [0.2, 0.25) is 0 Å². The van der Waals surface area contributed by atoms with Crippen molar-refractivity contribution in [3.63, 3.8) is 0 Å². The molecule has 0 radical (unpaired) electrons. The zero-order valence-electron chi connectivity index (χ0n) is 14.0. The van der Waals surface area contributed by atoms with Gasteiger partial charge in [0.15, 0.2) is 0 Å². The van der Waals surface area contributed by atoms with Crippen LogP contribution in [0.4, 0.5) is 0 Å². The number of fused-ring (bicyclic) bond motifs is 1. The summed E-state index contributed by atoms with van der Waals surface area (Å²) < 4.78 is 3.65. The number of rotatable bonds is 2. The zero-order valence-corrected chi connectivity index (χ0v) is 17.6. The predicted molar refractivity (Wildman–Crippen MR) is 87.7 cm³/mol. The van der Waals surface area contributed by atoms with Crippen molar-refractivity contribution in [2.45, 2.75) is 47.5 Å². The minimum atomic E-state index is -0.927. The molecule has 0 saturated heterocycles. The van der Waals surface area contributed by atoms with E-state index in [0.29, 0.717) is 11.8 Å². The van der Waals surface area contributed by atoms with Crippen LogP contribution >= 0.6 is 0 Å². The van der Waals surface area contributed by atoms with Crippen LogP contribution in [0.1, 0.15) is 58.6 Å². The Morgan fingerprint density at radius 2 is 1.38 bits per heavy atom. The van der Waals surface area contributed by atoms with Crippen molar-refractivity contribution in [2.75, 3.05) is 0 Å². The summed E-state index contributed by atoms with van der Waals surface area (Å²) >= 11 is -0.927. The van der Waals surface area contributed by atoms with Gasteiger partial charge in [-0.3, -0.25) is 0 Å². The van der Waals surface area contributed by atoms with Crippen LogP contribution in [0.2, 0.25) is 0 Å². The Bertz CT molecular complexity index is 700. The Balaban J connectivity index is 1.97. The van der Waals surface area contributed by atoms with Crippen molar-refractivity contribution >= 4 is 5.57 Å². The van der Waals surface area contributed by atoms with E-state index < -0.39 is 22.9 Å². The summed E-state index contributed by atoms with van der Waals surface area (Å²) in [7, 11) is 0. The van der Waals surface area contributed by atoms with Crippen molar-refractivity contribution in [3.8, 4) is 0 Å². The van der Waals surface area contributed by atoms with Gasteiger partial charge in [0.25, 0.3) is 0 Å². The maximum atomic E-state index is 2.42. The molecule has 2 atom stereocenters. The van der Waals surface area contributed by atoms with Crippen LogP contribution in [0.15, 0.2) is 47.6 Å². The topological polar surface area (TPSA) is 0 Å². The van der Waals surface area contributed by atoms with Gasteiger partial charge in [-0.2, -0.15) is 0 Å². The summed E-state index contributed by atoms with van der Waals surface area (Å²) in [6.45, 7) is 14.2. The Kier molecular flexibility index (Phi) is 3.98. The molecule has 0 N–H and O–H groups in total. The van der Waals surface area contributed by atoms with Gasteiger partial charge in [-0.05, 0) is 0 Å².